The average Bonchev–Trinajstić information content (AvgIpc) is 2.57. The zero-order valence-corrected chi connectivity index (χ0v) is 11.7. The Hall–Kier alpha value is -3.33. The van der Waals surface area contributed by atoms with Crippen molar-refractivity contribution >= 4 is 11.0 Å². The first-order valence-electron chi connectivity index (χ1n) is 6.54. The maximum absolute atomic E-state index is 12.4. The van der Waals surface area contributed by atoms with Gasteiger partial charge in [-0.1, -0.05) is 18.2 Å². The number of fused-ring (bicyclic) bond motifs is 1. The number of ether oxygens (including phenoxy) is 1. The predicted molar refractivity (Wildman–Crippen MR) is 80.0 cm³/mol. The summed E-state index contributed by atoms with van der Waals surface area (Å²) in [7, 11) is 0. The normalized spacial score (nSPS) is 10.4. The van der Waals surface area contributed by atoms with E-state index >= 15 is 0 Å². The Morgan fingerprint density at radius 3 is 2.77 bits per heavy atom. The molecule has 6 heteroatoms. The van der Waals surface area contributed by atoms with Crippen LogP contribution in [0.5, 0.6) is 11.6 Å². The molecule has 22 heavy (non-hydrogen) atoms. The SMILES string of the molecule is Cc1c(Oc2cccc(C#N)c2)[n+](=O)c2ccccc2n1[O-]. The van der Waals surface area contributed by atoms with Crippen molar-refractivity contribution in [2.24, 2.45) is 0 Å². The monoisotopic (exact) mass is 293 g/mol. The summed E-state index contributed by atoms with van der Waals surface area (Å²) in [6.07, 6.45) is 0. The van der Waals surface area contributed by atoms with Crippen LogP contribution >= 0.6 is 0 Å². The quantitative estimate of drug-likeness (QED) is 0.680. The number of aromatic nitrogens is 2. The van der Waals surface area contributed by atoms with Gasteiger partial charge in [0.05, 0.1) is 11.6 Å². The fourth-order valence-electron chi connectivity index (χ4n) is 2.19. The fourth-order valence-corrected chi connectivity index (χ4v) is 2.19. The Bertz CT molecular complexity index is 971. The first-order chi connectivity index (χ1) is 10.6. The third kappa shape index (κ3) is 2.15. The van der Waals surface area contributed by atoms with Crippen LogP contribution < -0.4 is 9.16 Å². The molecule has 2 aromatic carbocycles. The molecule has 6 nitrogen and oxygen atoms in total. The molecule has 0 amide bonds. The van der Waals surface area contributed by atoms with Crippen molar-refractivity contribution in [3.8, 4) is 17.7 Å². The van der Waals surface area contributed by atoms with Crippen LogP contribution in [-0.4, -0.2) is 4.73 Å². The molecule has 3 rings (SSSR count). The summed E-state index contributed by atoms with van der Waals surface area (Å²) in [5.41, 5.74) is 1.04. The van der Waals surface area contributed by atoms with Crippen LogP contribution in [0, 0.1) is 28.4 Å². The second-order valence-electron chi connectivity index (χ2n) is 4.71. The summed E-state index contributed by atoms with van der Waals surface area (Å²) in [6, 6.07) is 14.9. The lowest BCUT2D eigenvalue weighted by Crippen LogP contribution is -2.23. The van der Waals surface area contributed by atoms with Crippen LogP contribution in [0.3, 0.4) is 0 Å². The molecule has 108 valence electrons. The van der Waals surface area contributed by atoms with Crippen LogP contribution in [0.1, 0.15) is 11.3 Å². The van der Waals surface area contributed by atoms with Gasteiger partial charge in [0.1, 0.15) is 21.4 Å². The number of rotatable bonds is 2. The highest BCUT2D eigenvalue weighted by Crippen LogP contribution is 2.24. The molecule has 0 radical (unpaired) electrons. The molecule has 0 unspecified atom stereocenters. The Morgan fingerprint density at radius 2 is 2.00 bits per heavy atom. The van der Waals surface area contributed by atoms with Crippen molar-refractivity contribution in [2.45, 2.75) is 6.92 Å². The lowest BCUT2D eigenvalue weighted by atomic mass is 10.2. The Morgan fingerprint density at radius 1 is 1.23 bits per heavy atom. The van der Waals surface area contributed by atoms with E-state index in [1.807, 2.05) is 6.07 Å². The van der Waals surface area contributed by atoms with Crippen LogP contribution in [0.15, 0.2) is 48.5 Å². The zero-order chi connectivity index (χ0) is 15.7. The molecular weight excluding hydrogens is 282 g/mol. The van der Waals surface area contributed by atoms with Crippen LogP contribution in [0.25, 0.3) is 11.0 Å². The summed E-state index contributed by atoms with van der Waals surface area (Å²) < 4.78 is 6.79. The van der Waals surface area contributed by atoms with Gasteiger partial charge in [-0.2, -0.15) is 5.26 Å². The molecule has 1 aromatic heterocycles. The summed E-state index contributed by atoms with van der Waals surface area (Å²) in [4.78, 5) is 12.4. The second-order valence-corrected chi connectivity index (χ2v) is 4.71. The van der Waals surface area contributed by atoms with E-state index in [0.717, 1.165) is 0 Å². The largest absolute Gasteiger partial charge is 0.805 e. The summed E-state index contributed by atoms with van der Waals surface area (Å²) in [5, 5.41) is 21.1. The minimum Gasteiger partial charge on any atom is -0.805 e. The molecule has 1 heterocycles. The van der Waals surface area contributed by atoms with Crippen molar-refractivity contribution in [3.05, 3.63) is 69.9 Å². The molecule has 0 aliphatic heterocycles. The molecule has 0 atom stereocenters. The summed E-state index contributed by atoms with van der Waals surface area (Å²) in [6.45, 7) is 1.51. The van der Waals surface area contributed by atoms with E-state index < -0.39 is 0 Å². The molecule has 3 aromatic rings. The number of nitrogens with zero attached hydrogens (tertiary/aromatic N) is 3. The number of hydrogen-bond acceptors (Lipinski definition) is 4. The van der Waals surface area contributed by atoms with Gasteiger partial charge in [-0.25, -0.2) is 0 Å². The van der Waals surface area contributed by atoms with Crippen LogP contribution in [-0.2, 0) is 0 Å². The molecule has 0 aliphatic rings. The van der Waals surface area contributed by atoms with Gasteiger partial charge in [0.2, 0.25) is 0 Å². The Balaban J connectivity index is 2.19. The molecule has 0 fully saturated rings. The van der Waals surface area contributed by atoms with E-state index in [9.17, 15) is 10.1 Å². The molecular formula is C16H11N3O3. The van der Waals surface area contributed by atoms with Gasteiger partial charge in [-0.15, -0.1) is 0 Å². The van der Waals surface area contributed by atoms with Crippen molar-refractivity contribution in [1.82, 2.24) is 4.73 Å². The molecule has 0 saturated carbocycles. The van der Waals surface area contributed by atoms with E-state index in [4.69, 9.17) is 10.00 Å². The number of nitriles is 1. The van der Waals surface area contributed by atoms with Gasteiger partial charge >= 0.3 is 5.88 Å². The second kappa shape index (κ2) is 5.22. The molecule has 0 spiro atoms. The van der Waals surface area contributed by atoms with Gasteiger partial charge < -0.3 is 14.7 Å². The van der Waals surface area contributed by atoms with Gasteiger partial charge in [-0.05, 0) is 31.2 Å². The maximum Gasteiger partial charge on any atom is 0.447 e. The zero-order valence-electron chi connectivity index (χ0n) is 11.7. The van der Waals surface area contributed by atoms with Crippen LogP contribution in [0.2, 0.25) is 0 Å². The first kappa shape index (κ1) is 13.6. The number of hydrogen-bond donors (Lipinski definition) is 0. The minimum absolute atomic E-state index is 0.108. The fraction of sp³-hybridized carbons (Fsp3) is 0.0625. The predicted octanol–water partition coefficient (Wildman–Crippen LogP) is 2.87. The third-order valence-electron chi connectivity index (χ3n) is 3.30. The van der Waals surface area contributed by atoms with E-state index in [0.29, 0.717) is 20.5 Å². The van der Waals surface area contributed by atoms with E-state index in [-0.39, 0.29) is 22.6 Å². The molecule has 0 aliphatic carbocycles. The Kier molecular flexibility index (Phi) is 3.24. The van der Waals surface area contributed by atoms with E-state index in [1.54, 1.807) is 42.5 Å². The van der Waals surface area contributed by atoms with E-state index in [1.165, 1.54) is 13.0 Å². The highest BCUT2D eigenvalue weighted by atomic mass is 16.5. The van der Waals surface area contributed by atoms with Crippen molar-refractivity contribution in [2.75, 3.05) is 0 Å². The molecule has 0 saturated heterocycles. The van der Waals surface area contributed by atoms with Crippen LogP contribution in [0.4, 0.5) is 0 Å². The van der Waals surface area contributed by atoms with Gasteiger partial charge in [0.15, 0.2) is 0 Å². The van der Waals surface area contributed by atoms with E-state index in [2.05, 4.69) is 0 Å². The Labute approximate surface area is 125 Å². The van der Waals surface area contributed by atoms with Crippen molar-refractivity contribution in [3.63, 3.8) is 0 Å². The third-order valence-corrected chi connectivity index (χ3v) is 3.30. The topological polar surface area (TPSA) is 84.0 Å². The summed E-state index contributed by atoms with van der Waals surface area (Å²) in [5.74, 6) is 0.214. The lowest BCUT2D eigenvalue weighted by molar-refractivity contribution is -0.475. The van der Waals surface area contributed by atoms with Crippen molar-refractivity contribution in [1.29, 1.82) is 5.26 Å². The number of para-hydroxylation sites is 2. The minimum atomic E-state index is -0.108. The number of benzene rings is 2. The average molecular weight is 293 g/mol. The molecule has 0 N–H and O–H groups in total. The summed E-state index contributed by atoms with van der Waals surface area (Å²) >= 11 is 0. The smallest absolute Gasteiger partial charge is 0.447 e. The standard InChI is InChI=1S/C16H11N3O3/c1-11-16(22-13-6-4-5-12(9-13)10-17)19(21)15-8-3-2-7-14(15)18(11)20/h2-9H,1H3. The first-order valence-corrected chi connectivity index (χ1v) is 6.54. The highest BCUT2D eigenvalue weighted by molar-refractivity contribution is 5.72. The van der Waals surface area contributed by atoms with Crippen molar-refractivity contribution < 1.29 is 9.16 Å². The maximum atomic E-state index is 12.4. The highest BCUT2D eigenvalue weighted by Gasteiger charge is 2.22. The van der Waals surface area contributed by atoms with Gasteiger partial charge in [0.25, 0.3) is 5.52 Å². The van der Waals surface area contributed by atoms with Gasteiger partial charge in [0, 0.05) is 11.0 Å². The molecule has 0 bridgehead atoms. The van der Waals surface area contributed by atoms with Gasteiger partial charge in [-0.3, -0.25) is 0 Å². The lowest BCUT2D eigenvalue weighted by Gasteiger charge is -2.15.